The lowest BCUT2D eigenvalue weighted by molar-refractivity contribution is -0.137. The molecule has 1 fully saturated rings. The number of rotatable bonds is 7. The Labute approximate surface area is 160 Å². The molecule has 1 aromatic heterocycles. The molecule has 1 aromatic carbocycles. The van der Waals surface area contributed by atoms with Crippen LogP contribution in [0.4, 0.5) is 13.2 Å². The zero-order valence-electron chi connectivity index (χ0n) is 15.2. The number of carbonyl (C=O) groups is 2. The van der Waals surface area contributed by atoms with Gasteiger partial charge in [-0.05, 0) is 55.2 Å². The average molecular weight is 391 g/mol. The second-order valence-corrected chi connectivity index (χ2v) is 6.98. The van der Waals surface area contributed by atoms with Crippen molar-refractivity contribution in [2.75, 3.05) is 0 Å². The zero-order valence-corrected chi connectivity index (χ0v) is 15.2. The Morgan fingerprint density at radius 3 is 2.50 bits per heavy atom. The summed E-state index contributed by atoms with van der Waals surface area (Å²) in [6, 6.07) is 7.87. The van der Waals surface area contributed by atoms with Crippen molar-refractivity contribution >= 4 is 12.3 Å². The smallest absolute Gasteiger partial charge is 0.349 e. The number of pyridine rings is 1. The SMILES string of the molecule is CC(NC(=O)Cc1ccc(C(F)(F)F)cc1)c1ccnc(C2(NC=O)CC2)c1. The highest BCUT2D eigenvalue weighted by Crippen LogP contribution is 2.44. The molecule has 0 saturated heterocycles. The van der Waals surface area contributed by atoms with Crippen LogP contribution < -0.4 is 10.6 Å². The summed E-state index contributed by atoms with van der Waals surface area (Å²) in [6.45, 7) is 1.82. The van der Waals surface area contributed by atoms with Gasteiger partial charge in [-0.15, -0.1) is 0 Å². The van der Waals surface area contributed by atoms with Gasteiger partial charge < -0.3 is 10.6 Å². The van der Waals surface area contributed by atoms with E-state index >= 15 is 0 Å². The van der Waals surface area contributed by atoms with Crippen LogP contribution >= 0.6 is 0 Å². The fourth-order valence-electron chi connectivity index (χ4n) is 3.06. The van der Waals surface area contributed by atoms with Gasteiger partial charge in [0.15, 0.2) is 0 Å². The van der Waals surface area contributed by atoms with Crippen molar-refractivity contribution in [2.24, 2.45) is 0 Å². The Bertz CT molecular complexity index is 862. The van der Waals surface area contributed by atoms with Crippen LogP contribution in [0.1, 0.15) is 48.2 Å². The number of aromatic nitrogens is 1. The molecule has 1 aliphatic carbocycles. The zero-order chi connectivity index (χ0) is 20.4. The van der Waals surface area contributed by atoms with Crippen molar-refractivity contribution in [3.63, 3.8) is 0 Å². The largest absolute Gasteiger partial charge is 0.416 e. The summed E-state index contributed by atoms with van der Waals surface area (Å²) in [6.07, 6.45) is -0.483. The molecule has 0 radical (unpaired) electrons. The van der Waals surface area contributed by atoms with E-state index in [1.54, 1.807) is 12.3 Å². The molecule has 2 amide bonds. The van der Waals surface area contributed by atoms with E-state index in [1.165, 1.54) is 12.1 Å². The molecular weight excluding hydrogens is 371 g/mol. The molecule has 0 aliphatic heterocycles. The number of benzene rings is 1. The van der Waals surface area contributed by atoms with E-state index in [1.807, 2.05) is 13.0 Å². The summed E-state index contributed by atoms with van der Waals surface area (Å²) < 4.78 is 37.8. The summed E-state index contributed by atoms with van der Waals surface area (Å²) in [4.78, 5) is 27.4. The van der Waals surface area contributed by atoms with Crippen LogP contribution in [-0.4, -0.2) is 17.3 Å². The number of amides is 2. The molecule has 8 heteroatoms. The molecule has 2 aromatic rings. The number of hydrogen-bond acceptors (Lipinski definition) is 3. The van der Waals surface area contributed by atoms with E-state index in [0.717, 1.165) is 36.2 Å². The van der Waals surface area contributed by atoms with Crippen LogP contribution in [0, 0.1) is 0 Å². The standard InChI is InChI=1S/C20H20F3N3O2/c1-13(15-6-9-24-17(11-15)19(7-8-19)25-12-27)26-18(28)10-14-2-4-16(5-3-14)20(21,22)23/h2-6,9,11-13H,7-8,10H2,1H3,(H,25,27)(H,26,28). The normalized spacial score (nSPS) is 16.1. The van der Waals surface area contributed by atoms with Crippen molar-refractivity contribution < 1.29 is 22.8 Å². The van der Waals surface area contributed by atoms with E-state index < -0.39 is 17.3 Å². The van der Waals surface area contributed by atoms with Gasteiger partial charge in [0, 0.05) is 6.20 Å². The van der Waals surface area contributed by atoms with Crippen molar-refractivity contribution in [2.45, 2.75) is 43.9 Å². The molecule has 0 spiro atoms. The van der Waals surface area contributed by atoms with Gasteiger partial charge in [0.25, 0.3) is 0 Å². The van der Waals surface area contributed by atoms with Crippen LogP contribution in [0.25, 0.3) is 0 Å². The number of carbonyl (C=O) groups excluding carboxylic acids is 2. The van der Waals surface area contributed by atoms with Gasteiger partial charge in [-0.1, -0.05) is 12.1 Å². The van der Waals surface area contributed by atoms with Crippen molar-refractivity contribution in [3.05, 3.63) is 65.0 Å². The molecule has 2 N–H and O–H groups in total. The third-order valence-corrected chi connectivity index (χ3v) is 4.88. The number of nitrogens with zero attached hydrogens (tertiary/aromatic N) is 1. The monoisotopic (exact) mass is 391 g/mol. The quantitative estimate of drug-likeness (QED) is 0.712. The summed E-state index contributed by atoms with van der Waals surface area (Å²) in [5, 5.41) is 5.64. The summed E-state index contributed by atoms with van der Waals surface area (Å²) in [5.41, 5.74) is 0.931. The van der Waals surface area contributed by atoms with Crippen molar-refractivity contribution in [3.8, 4) is 0 Å². The topological polar surface area (TPSA) is 71.1 Å². The molecule has 148 valence electrons. The molecule has 0 bridgehead atoms. The molecule has 1 saturated carbocycles. The van der Waals surface area contributed by atoms with Crippen LogP contribution in [0.15, 0.2) is 42.6 Å². The number of nitrogens with one attached hydrogen (secondary N) is 2. The minimum absolute atomic E-state index is 0.0168. The second kappa shape index (κ2) is 7.61. The number of halogens is 3. The average Bonchev–Trinajstić information content (AvgIpc) is 3.42. The highest BCUT2D eigenvalue weighted by molar-refractivity contribution is 5.79. The second-order valence-electron chi connectivity index (χ2n) is 6.98. The van der Waals surface area contributed by atoms with Crippen molar-refractivity contribution in [1.29, 1.82) is 0 Å². The third-order valence-electron chi connectivity index (χ3n) is 4.88. The van der Waals surface area contributed by atoms with E-state index in [2.05, 4.69) is 15.6 Å². The first-order chi connectivity index (χ1) is 13.2. The Morgan fingerprint density at radius 1 is 1.25 bits per heavy atom. The maximum absolute atomic E-state index is 12.6. The highest BCUT2D eigenvalue weighted by atomic mass is 19.4. The van der Waals surface area contributed by atoms with Crippen LogP contribution in [0.5, 0.6) is 0 Å². The van der Waals surface area contributed by atoms with Gasteiger partial charge in [0.05, 0.1) is 29.3 Å². The first-order valence-electron chi connectivity index (χ1n) is 8.87. The minimum Gasteiger partial charge on any atom is -0.349 e. The molecule has 1 heterocycles. The van der Waals surface area contributed by atoms with E-state index in [0.29, 0.717) is 12.0 Å². The molecular formula is C20H20F3N3O2. The summed E-state index contributed by atoms with van der Waals surface area (Å²) in [5.74, 6) is -0.294. The molecule has 5 nitrogen and oxygen atoms in total. The summed E-state index contributed by atoms with van der Waals surface area (Å²) in [7, 11) is 0. The number of alkyl halides is 3. The predicted octanol–water partition coefficient (Wildman–Crippen LogP) is 3.26. The Balaban J connectivity index is 1.62. The Morgan fingerprint density at radius 2 is 1.93 bits per heavy atom. The van der Waals surface area contributed by atoms with Crippen LogP contribution in [-0.2, 0) is 27.7 Å². The number of hydrogen-bond donors (Lipinski definition) is 2. The first-order valence-corrected chi connectivity index (χ1v) is 8.87. The first kappa shape index (κ1) is 19.9. The predicted molar refractivity (Wildman–Crippen MR) is 96.1 cm³/mol. The van der Waals surface area contributed by atoms with Gasteiger partial charge in [-0.3, -0.25) is 14.6 Å². The lowest BCUT2D eigenvalue weighted by atomic mass is 10.0. The summed E-state index contributed by atoms with van der Waals surface area (Å²) >= 11 is 0. The fraction of sp³-hybridized carbons (Fsp3) is 0.350. The molecule has 1 atom stereocenters. The molecule has 3 rings (SSSR count). The Hall–Kier alpha value is -2.90. The molecule has 1 unspecified atom stereocenters. The van der Waals surface area contributed by atoms with Gasteiger partial charge in [0.1, 0.15) is 0 Å². The maximum Gasteiger partial charge on any atom is 0.416 e. The van der Waals surface area contributed by atoms with Crippen molar-refractivity contribution in [1.82, 2.24) is 15.6 Å². The van der Waals surface area contributed by atoms with Crippen LogP contribution in [0.3, 0.4) is 0 Å². The van der Waals surface area contributed by atoms with E-state index in [4.69, 9.17) is 0 Å². The highest BCUT2D eigenvalue weighted by Gasteiger charge is 2.45. The van der Waals surface area contributed by atoms with Gasteiger partial charge in [0.2, 0.25) is 12.3 Å². The lowest BCUT2D eigenvalue weighted by Gasteiger charge is -2.18. The maximum atomic E-state index is 12.6. The Kier molecular flexibility index (Phi) is 5.40. The van der Waals surface area contributed by atoms with Gasteiger partial charge >= 0.3 is 6.18 Å². The fourth-order valence-corrected chi connectivity index (χ4v) is 3.06. The van der Waals surface area contributed by atoms with Gasteiger partial charge in [-0.2, -0.15) is 13.2 Å². The van der Waals surface area contributed by atoms with Crippen LogP contribution in [0.2, 0.25) is 0 Å². The van der Waals surface area contributed by atoms with E-state index in [9.17, 15) is 22.8 Å². The third kappa shape index (κ3) is 4.49. The molecule has 28 heavy (non-hydrogen) atoms. The minimum atomic E-state index is -4.40. The molecule has 1 aliphatic rings. The lowest BCUT2D eigenvalue weighted by Crippen LogP contribution is -2.30. The van der Waals surface area contributed by atoms with E-state index in [-0.39, 0.29) is 18.4 Å². The van der Waals surface area contributed by atoms with Gasteiger partial charge in [-0.25, -0.2) is 0 Å².